The van der Waals surface area contributed by atoms with Crippen LogP contribution in [0.2, 0.25) is 0 Å². The first-order valence-electron chi connectivity index (χ1n) is 6.42. The minimum Gasteiger partial charge on any atom is -0.497 e. The van der Waals surface area contributed by atoms with E-state index in [-0.39, 0.29) is 19.6 Å². The van der Waals surface area contributed by atoms with Crippen molar-refractivity contribution in [3.8, 4) is 5.75 Å². The predicted octanol–water partition coefficient (Wildman–Crippen LogP) is 2.84. The number of aliphatic hydroxyl groups excluding tert-OH is 1. The Bertz CT molecular complexity index is 451. The van der Waals surface area contributed by atoms with Crippen molar-refractivity contribution in [3.63, 3.8) is 0 Å². The Morgan fingerprint density at radius 2 is 2.05 bits per heavy atom. The van der Waals surface area contributed by atoms with Gasteiger partial charge in [0.15, 0.2) is 0 Å². The molecule has 0 bridgehead atoms. The lowest BCUT2D eigenvalue weighted by Gasteiger charge is -2.31. The average molecular weight is 380 g/mol. The van der Waals surface area contributed by atoms with Gasteiger partial charge in [0.25, 0.3) is 0 Å². The molecule has 6 heteroatoms. The van der Waals surface area contributed by atoms with Crippen molar-refractivity contribution in [2.75, 3.05) is 20.3 Å². The van der Waals surface area contributed by atoms with Crippen LogP contribution in [0, 0.1) is 0 Å². The summed E-state index contributed by atoms with van der Waals surface area (Å²) in [5.41, 5.74) is -0.422. The maximum atomic E-state index is 10.5. The number of hydrogen-bond acceptors (Lipinski definition) is 4. The van der Waals surface area contributed by atoms with Gasteiger partial charge < -0.3 is 19.7 Å². The van der Waals surface area contributed by atoms with E-state index in [1.165, 1.54) is 0 Å². The monoisotopic (exact) mass is 378 g/mol. The largest absolute Gasteiger partial charge is 0.497 e. The van der Waals surface area contributed by atoms with Gasteiger partial charge in [0.1, 0.15) is 11.4 Å². The molecule has 0 unspecified atom stereocenters. The van der Waals surface area contributed by atoms with Crippen LogP contribution in [-0.4, -0.2) is 41.5 Å². The molecule has 4 nitrogen and oxygen atoms in total. The topological polar surface area (TPSA) is 58.9 Å². The van der Waals surface area contributed by atoms with Gasteiger partial charge in [-0.3, -0.25) is 0 Å². The summed E-state index contributed by atoms with van der Waals surface area (Å²) in [5.74, 6) is 0.770. The number of halogens is 2. The molecule has 1 rings (SSSR count). The Balaban J connectivity index is 2.58. The van der Waals surface area contributed by atoms with Gasteiger partial charge in [-0.1, -0.05) is 34.6 Å². The van der Waals surface area contributed by atoms with Crippen LogP contribution in [-0.2, 0) is 11.3 Å². The summed E-state index contributed by atoms with van der Waals surface area (Å²) >= 11 is 9.18. The number of methoxy groups -OCH3 is 1. The summed E-state index contributed by atoms with van der Waals surface area (Å²) in [7, 11) is 1.61. The van der Waals surface area contributed by atoms with E-state index in [1.54, 1.807) is 7.11 Å². The lowest BCUT2D eigenvalue weighted by molar-refractivity contribution is -0.0593. The van der Waals surface area contributed by atoms with Crippen LogP contribution in [0.3, 0.4) is 0 Å². The second-order valence-corrected chi connectivity index (χ2v) is 6.44. The molecule has 0 saturated carbocycles. The molecule has 21 heavy (non-hydrogen) atoms. The third-order valence-corrected chi connectivity index (χ3v) is 3.85. The van der Waals surface area contributed by atoms with E-state index in [2.05, 4.69) is 22.5 Å². The zero-order valence-corrected chi connectivity index (χ0v) is 14.2. The number of aliphatic hydroxyl groups is 2. The molecule has 0 saturated heterocycles. The van der Waals surface area contributed by atoms with E-state index in [9.17, 15) is 5.11 Å². The van der Waals surface area contributed by atoms with E-state index in [1.807, 2.05) is 24.3 Å². The molecule has 2 N–H and O–H groups in total. The summed E-state index contributed by atoms with van der Waals surface area (Å²) in [4.78, 5) is 0. The van der Waals surface area contributed by atoms with Crippen LogP contribution in [0.15, 0.2) is 35.3 Å². The molecule has 1 aromatic carbocycles. The predicted molar refractivity (Wildman–Crippen MR) is 87.0 cm³/mol. The fourth-order valence-electron chi connectivity index (χ4n) is 1.82. The Morgan fingerprint density at radius 3 is 2.52 bits per heavy atom. The first-order chi connectivity index (χ1) is 9.91. The van der Waals surface area contributed by atoms with Gasteiger partial charge in [0.05, 0.1) is 32.3 Å². The molecular weight excluding hydrogens is 360 g/mol. The van der Waals surface area contributed by atoms with E-state index < -0.39 is 11.0 Å². The van der Waals surface area contributed by atoms with Crippen molar-refractivity contribution in [2.45, 2.75) is 24.0 Å². The smallest absolute Gasteiger partial charge is 0.118 e. The standard InChI is InChI=1S/C15H20BrClO4/c1-11(16)7-15(19,14(17)8-18)10-21-9-12-3-5-13(20-2)6-4-12/h3-6,14,18-19H,1,7-10H2,2H3/t14-,15-/m0/s1. The van der Waals surface area contributed by atoms with Gasteiger partial charge in [-0.25, -0.2) is 0 Å². The summed E-state index contributed by atoms with van der Waals surface area (Å²) in [6.07, 6.45) is 0.199. The van der Waals surface area contributed by atoms with Crippen molar-refractivity contribution in [2.24, 2.45) is 0 Å². The number of alkyl halides is 1. The third-order valence-electron chi connectivity index (χ3n) is 3.02. The van der Waals surface area contributed by atoms with Crippen molar-refractivity contribution in [1.82, 2.24) is 0 Å². The van der Waals surface area contributed by atoms with Gasteiger partial charge in [0.2, 0.25) is 0 Å². The molecule has 0 amide bonds. The minimum atomic E-state index is -1.37. The molecular formula is C15H20BrClO4. The number of rotatable bonds is 9. The third kappa shape index (κ3) is 5.96. The average Bonchev–Trinajstić information content (AvgIpc) is 2.46. The second-order valence-electron chi connectivity index (χ2n) is 4.79. The highest BCUT2D eigenvalue weighted by molar-refractivity contribution is 9.11. The quantitative estimate of drug-likeness (QED) is 0.648. The lowest BCUT2D eigenvalue weighted by atomic mass is 9.96. The molecule has 0 heterocycles. The minimum absolute atomic E-state index is 0.00161. The molecule has 1 aromatic rings. The van der Waals surface area contributed by atoms with E-state index in [0.29, 0.717) is 11.1 Å². The SMILES string of the molecule is C=C(Br)C[C@](O)(COCc1ccc(OC)cc1)[C@@H](Cl)CO. The van der Waals surface area contributed by atoms with Gasteiger partial charge in [-0.15, -0.1) is 11.6 Å². The van der Waals surface area contributed by atoms with Crippen molar-refractivity contribution < 1.29 is 19.7 Å². The Hall–Kier alpha value is -0.590. The summed E-state index contributed by atoms with van der Waals surface area (Å²) in [5, 5.41) is 18.8. The number of benzene rings is 1. The second kappa shape index (κ2) is 8.76. The summed E-state index contributed by atoms with van der Waals surface area (Å²) in [6, 6.07) is 7.43. The van der Waals surface area contributed by atoms with Crippen LogP contribution in [0.5, 0.6) is 5.75 Å². The van der Waals surface area contributed by atoms with Crippen LogP contribution >= 0.6 is 27.5 Å². The van der Waals surface area contributed by atoms with E-state index in [4.69, 9.17) is 26.2 Å². The molecule has 2 atom stereocenters. The van der Waals surface area contributed by atoms with Crippen LogP contribution in [0.1, 0.15) is 12.0 Å². The first kappa shape index (κ1) is 18.5. The molecule has 0 aliphatic carbocycles. The Morgan fingerprint density at radius 1 is 1.43 bits per heavy atom. The first-order valence-corrected chi connectivity index (χ1v) is 7.65. The van der Waals surface area contributed by atoms with E-state index in [0.717, 1.165) is 11.3 Å². The summed E-state index contributed by atoms with van der Waals surface area (Å²) in [6.45, 7) is 3.67. The highest BCUT2D eigenvalue weighted by Gasteiger charge is 2.36. The van der Waals surface area contributed by atoms with Gasteiger partial charge in [0, 0.05) is 6.42 Å². The van der Waals surface area contributed by atoms with Crippen molar-refractivity contribution >= 4 is 27.5 Å². The zero-order chi connectivity index (χ0) is 15.9. The molecule has 0 aliphatic rings. The zero-order valence-electron chi connectivity index (χ0n) is 11.9. The van der Waals surface area contributed by atoms with Crippen LogP contribution in [0.25, 0.3) is 0 Å². The highest BCUT2D eigenvalue weighted by Crippen LogP contribution is 2.27. The van der Waals surface area contributed by atoms with Crippen molar-refractivity contribution in [1.29, 1.82) is 0 Å². The van der Waals surface area contributed by atoms with Gasteiger partial charge in [-0.2, -0.15) is 0 Å². The molecule has 0 spiro atoms. The molecule has 118 valence electrons. The van der Waals surface area contributed by atoms with Crippen LogP contribution in [0.4, 0.5) is 0 Å². The number of ether oxygens (including phenoxy) is 2. The van der Waals surface area contributed by atoms with Gasteiger partial charge >= 0.3 is 0 Å². The maximum Gasteiger partial charge on any atom is 0.118 e. The lowest BCUT2D eigenvalue weighted by Crippen LogP contribution is -2.45. The molecule has 0 aliphatic heterocycles. The fourth-order valence-corrected chi connectivity index (χ4v) is 2.45. The molecule has 0 radical (unpaired) electrons. The fraction of sp³-hybridized carbons (Fsp3) is 0.467. The maximum absolute atomic E-state index is 10.5. The number of hydrogen-bond donors (Lipinski definition) is 2. The summed E-state index contributed by atoms with van der Waals surface area (Å²) < 4.78 is 11.2. The van der Waals surface area contributed by atoms with E-state index >= 15 is 0 Å². The molecule has 0 fully saturated rings. The van der Waals surface area contributed by atoms with Gasteiger partial charge in [-0.05, 0) is 22.2 Å². The Kier molecular flexibility index (Phi) is 7.70. The van der Waals surface area contributed by atoms with Crippen LogP contribution < -0.4 is 4.74 Å². The normalized spacial score (nSPS) is 15.3. The Labute approximate surface area is 138 Å². The highest BCUT2D eigenvalue weighted by atomic mass is 79.9. The van der Waals surface area contributed by atoms with Crippen molar-refractivity contribution in [3.05, 3.63) is 40.9 Å². The molecule has 0 aromatic heterocycles.